The Hall–Kier alpha value is -2.04. The molecule has 0 bridgehead atoms. The quantitative estimate of drug-likeness (QED) is 0.832. The average Bonchev–Trinajstić information content (AvgIpc) is 2.61. The maximum atomic E-state index is 12.9. The molecule has 0 unspecified atom stereocenters. The van der Waals surface area contributed by atoms with Gasteiger partial charge in [0.05, 0.1) is 6.42 Å². The van der Waals surface area contributed by atoms with Crippen LogP contribution in [0.4, 0.5) is 0 Å². The Morgan fingerprint density at radius 2 is 1.52 bits per heavy atom. The van der Waals surface area contributed by atoms with E-state index in [-0.39, 0.29) is 24.8 Å². The molecule has 0 aliphatic rings. The van der Waals surface area contributed by atoms with Crippen molar-refractivity contribution >= 4 is 35.0 Å². The van der Waals surface area contributed by atoms with Gasteiger partial charge in [-0.3, -0.25) is 9.59 Å². The van der Waals surface area contributed by atoms with E-state index in [9.17, 15) is 9.59 Å². The Balaban J connectivity index is 2.27. The number of amides is 2. The molecule has 0 aliphatic heterocycles. The van der Waals surface area contributed by atoms with Crippen LogP contribution in [-0.2, 0) is 22.6 Å². The lowest BCUT2D eigenvalue weighted by Crippen LogP contribution is -2.47. The van der Waals surface area contributed by atoms with E-state index in [4.69, 9.17) is 23.2 Å². The van der Waals surface area contributed by atoms with E-state index in [0.717, 1.165) is 11.1 Å². The number of halogens is 2. The molecule has 0 aromatic heterocycles. The maximum Gasteiger partial charge on any atom is 0.242 e. The predicted molar refractivity (Wildman–Crippen MR) is 101 cm³/mol. The summed E-state index contributed by atoms with van der Waals surface area (Å²) in [4.78, 5) is 26.5. The fourth-order valence-corrected chi connectivity index (χ4v) is 2.91. The van der Waals surface area contributed by atoms with E-state index in [1.165, 1.54) is 4.90 Å². The first-order valence-corrected chi connectivity index (χ1v) is 8.67. The molecule has 25 heavy (non-hydrogen) atoms. The van der Waals surface area contributed by atoms with Gasteiger partial charge in [-0.1, -0.05) is 59.6 Å². The highest BCUT2D eigenvalue weighted by atomic mass is 35.5. The number of likely N-dealkylation sites (N-methyl/N-ethyl adjacent to an activating group) is 1. The summed E-state index contributed by atoms with van der Waals surface area (Å²) in [5.74, 6) is -0.427. The van der Waals surface area contributed by atoms with Crippen molar-refractivity contribution in [1.29, 1.82) is 0 Å². The third-order valence-electron chi connectivity index (χ3n) is 4.01. The molecule has 0 fully saturated rings. The van der Waals surface area contributed by atoms with E-state index in [1.54, 1.807) is 32.2 Å². The van der Waals surface area contributed by atoms with Crippen molar-refractivity contribution in [3.8, 4) is 0 Å². The van der Waals surface area contributed by atoms with Crippen LogP contribution in [0.3, 0.4) is 0 Å². The Labute approximate surface area is 157 Å². The summed E-state index contributed by atoms with van der Waals surface area (Å²) in [6, 6.07) is 13.8. The van der Waals surface area contributed by atoms with E-state index in [1.807, 2.05) is 30.3 Å². The minimum Gasteiger partial charge on any atom is -0.357 e. The van der Waals surface area contributed by atoms with Crippen LogP contribution in [0.25, 0.3) is 0 Å². The summed E-state index contributed by atoms with van der Waals surface area (Å²) >= 11 is 12.4. The van der Waals surface area contributed by atoms with Gasteiger partial charge in [-0.2, -0.15) is 0 Å². The first-order chi connectivity index (χ1) is 11.9. The molecule has 4 nitrogen and oxygen atoms in total. The first kappa shape index (κ1) is 19.3. The molecular weight excluding hydrogens is 359 g/mol. The summed E-state index contributed by atoms with van der Waals surface area (Å²) in [7, 11) is 1.55. The van der Waals surface area contributed by atoms with Crippen molar-refractivity contribution in [2.75, 3.05) is 7.05 Å². The number of nitrogens with one attached hydrogen (secondary N) is 1. The van der Waals surface area contributed by atoms with Crippen LogP contribution < -0.4 is 5.32 Å². The molecule has 132 valence electrons. The number of rotatable bonds is 6. The Bertz CT molecular complexity index is 765. The van der Waals surface area contributed by atoms with Crippen LogP contribution in [0.5, 0.6) is 0 Å². The lowest BCUT2D eigenvalue weighted by atomic mass is 10.1. The monoisotopic (exact) mass is 378 g/mol. The molecule has 0 heterocycles. The highest BCUT2D eigenvalue weighted by Gasteiger charge is 2.26. The normalized spacial score (nSPS) is 11.7. The molecular formula is C19H20Cl2N2O2. The largest absolute Gasteiger partial charge is 0.357 e. The van der Waals surface area contributed by atoms with Gasteiger partial charge in [0.2, 0.25) is 11.8 Å². The zero-order valence-corrected chi connectivity index (χ0v) is 15.6. The van der Waals surface area contributed by atoms with Gasteiger partial charge in [-0.05, 0) is 30.2 Å². The van der Waals surface area contributed by atoms with E-state index in [0.29, 0.717) is 10.0 Å². The fourth-order valence-electron chi connectivity index (χ4n) is 2.51. The van der Waals surface area contributed by atoms with Crippen molar-refractivity contribution < 1.29 is 9.59 Å². The number of benzene rings is 2. The molecule has 1 N–H and O–H groups in total. The minimum atomic E-state index is -0.628. The molecule has 0 radical (unpaired) electrons. The van der Waals surface area contributed by atoms with Gasteiger partial charge in [0.1, 0.15) is 6.04 Å². The molecule has 0 saturated heterocycles. The Kier molecular flexibility index (Phi) is 6.85. The summed E-state index contributed by atoms with van der Waals surface area (Å²) < 4.78 is 0. The highest BCUT2D eigenvalue weighted by molar-refractivity contribution is 6.31. The van der Waals surface area contributed by atoms with E-state index < -0.39 is 6.04 Å². The molecule has 2 aromatic carbocycles. The number of nitrogens with zero attached hydrogens (tertiary/aromatic N) is 1. The van der Waals surface area contributed by atoms with Gasteiger partial charge >= 0.3 is 0 Å². The standard InChI is InChI=1S/C19H20Cl2N2O2/c1-13(19(25)22-2)23(12-15-8-4-6-10-17(15)21)18(24)11-14-7-3-5-9-16(14)20/h3-10,13H,11-12H2,1-2H3,(H,22,25)/t13-/m1/s1. The molecule has 0 spiro atoms. The summed E-state index contributed by atoms with van der Waals surface area (Å²) in [6.07, 6.45) is 0.117. The van der Waals surface area contributed by atoms with Crippen molar-refractivity contribution in [2.45, 2.75) is 25.9 Å². The van der Waals surface area contributed by atoms with Crippen LogP contribution in [0.2, 0.25) is 10.0 Å². The van der Waals surface area contributed by atoms with Crippen LogP contribution >= 0.6 is 23.2 Å². The Morgan fingerprint density at radius 3 is 2.04 bits per heavy atom. The lowest BCUT2D eigenvalue weighted by molar-refractivity contribution is -0.139. The van der Waals surface area contributed by atoms with Crippen molar-refractivity contribution in [2.24, 2.45) is 0 Å². The Morgan fingerprint density at radius 1 is 1.00 bits per heavy atom. The maximum absolute atomic E-state index is 12.9. The molecule has 6 heteroatoms. The molecule has 0 saturated carbocycles. The molecule has 0 aliphatic carbocycles. The first-order valence-electron chi connectivity index (χ1n) is 7.92. The van der Waals surface area contributed by atoms with Gasteiger partial charge in [0, 0.05) is 23.6 Å². The SMILES string of the molecule is CNC(=O)[C@@H](C)N(Cc1ccccc1Cl)C(=O)Cc1ccccc1Cl. The predicted octanol–water partition coefficient (Wildman–Crippen LogP) is 3.70. The third kappa shape index (κ3) is 4.97. The molecule has 1 atom stereocenters. The zero-order chi connectivity index (χ0) is 18.4. The summed E-state index contributed by atoms with van der Waals surface area (Å²) in [5.41, 5.74) is 1.51. The molecule has 2 aromatic rings. The van der Waals surface area contributed by atoms with E-state index in [2.05, 4.69) is 5.32 Å². The van der Waals surface area contributed by atoms with Gasteiger partial charge in [-0.25, -0.2) is 0 Å². The summed E-state index contributed by atoms with van der Waals surface area (Å²) in [5, 5.41) is 3.67. The van der Waals surface area contributed by atoms with Gasteiger partial charge in [0.25, 0.3) is 0 Å². The minimum absolute atomic E-state index is 0.117. The number of carbonyl (C=O) groups is 2. The van der Waals surface area contributed by atoms with Crippen LogP contribution in [-0.4, -0.2) is 29.8 Å². The fraction of sp³-hybridized carbons (Fsp3) is 0.263. The van der Waals surface area contributed by atoms with Gasteiger partial charge in [-0.15, -0.1) is 0 Å². The van der Waals surface area contributed by atoms with Crippen LogP contribution in [0.1, 0.15) is 18.1 Å². The average molecular weight is 379 g/mol. The zero-order valence-electron chi connectivity index (χ0n) is 14.1. The molecule has 2 amide bonds. The number of carbonyl (C=O) groups excluding carboxylic acids is 2. The van der Waals surface area contributed by atoms with Crippen molar-refractivity contribution in [3.63, 3.8) is 0 Å². The number of hydrogen-bond donors (Lipinski definition) is 1. The van der Waals surface area contributed by atoms with Crippen molar-refractivity contribution in [3.05, 3.63) is 69.7 Å². The second kappa shape index (κ2) is 8.88. The second-order valence-electron chi connectivity index (χ2n) is 5.67. The van der Waals surface area contributed by atoms with Crippen LogP contribution in [0.15, 0.2) is 48.5 Å². The smallest absolute Gasteiger partial charge is 0.242 e. The number of hydrogen-bond acceptors (Lipinski definition) is 2. The topological polar surface area (TPSA) is 49.4 Å². The van der Waals surface area contributed by atoms with Crippen LogP contribution in [0, 0.1) is 0 Å². The van der Waals surface area contributed by atoms with Crippen molar-refractivity contribution in [1.82, 2.24) is 10.2 Å². The lowest BCUT2D eigenvalue weighted by Gasteiger charge is -2.29. The second-order valence-corrected chi connectivity index (χ2v) is 6.49. The van der Waals surface area contributed by atoms with Gasteiger partial charge < -0.3 is 10.2 Å². The van der Waals surface area contributed by atoms with Gasteiger partial charge in [0.15, 0.2) is 0 Å². The third-order valence-corrected chi connectivity index (χ3v) is 4.75. The van der Waals surface area contributed by atoms with E-state index >= 15 is 0 Å². The molecule has 2 rings (SSSR count). The summed E-state index contributed by atoms with van der Waals surface area (Å²) in [6.45, 7) is 1.94. The highest BCUT2D eigenvalue weighted by Crippen LogP contribution is 2.21.